The van der Waals surface area contributed by atoms with Crippen molar-refractivity contribution in [3.63, 3.8) is 0 Å². The van der Waals surface area contributed by atoms with E-state index in [1.54, 1.807) is 30.3 Å². The maximum absolute atomic E-state index is 13.1. The molecule has 0 spiro atoms. The number of carbonyl (C=O) groups is 1. The number of amides is 1. The van der Waals surface area contributed by atoms with Gasteiger partial charge in [-0.05, 0) is 48.9 Å². The van der Waals surface area contributed by atoms with Crippen molar-refractivity contribution in [1.29, 1.82) is 0 Å². The van der Waals surface area contributed by atoms with Gasteiger partial charge in [0.2, 0.25) is 0 Å². The van der Waals surface area contributed by atoms with Crippen LogP contribution in [0, 0.1) is 0 Å². The van der Waals surface area contributed by atoms with Crippen LogP contribution < -0.4 is 16.6 Å². The Balaban J connectivity index is 1.60. The smallest absolute Gasteiger partial charge is 0.399 e. The first-order valence-corrected chi connectivity index (χ1v) is 10.0. The summed E-state index contributed by atoms with van der Waals surface area (Å²) in [4.78, 5) is 25.2. The molecular formula is C23H18F3N5O3. The third-order valence-corrected chi connectivity index (χ3v) is 5.00. The zero-order valence-corrected chi connectivity index (χ0v) is 17.7. The third kappa shape index (κ3) is 4.82. The first-order valence-electron chi connectivity index (χ1n) is 10.0. The summed E-state index contributed by atoms with van der Waals surface area (Å²) in [6.07, 6.45) is -3.10. The first-order chi connectivity index (χ1) is 16.1. The van der Waals surface area contributed by atoms with Crippen LogP contribution in [0.4, 0.5) is 18.9 Å². The minimum absolute atomic E-state index is 0.0794. The summed E-state index contributed by atoms with van der Waals surface area (Å²) in [5.74, 6) is -0.193. The Morgan fingerprint density at radius 2 is 1.91 bits per heavy atom. The van der Waals surface area contributed by atoms with Gasteiger partial charge in [-0.1, -0.05) is 17.3 Å². The summed E-state index contributed by atoms with van der Waals surface area (Å²) in [7, 11) is 0. The fourth-order valence-corrected chi connectivity index (χ4v) is 3.32. The molecule has 4 aromatic rings. The molecule has 2 aromatic carbocycles. The minimum Gasteiger partial charge on any atom is -0.399 e. The van der Waals surface area contributed by atoms with Crippen molar-refractivity contribution in [2.45, 2.75) is 19.1 Å². The molecule has 0 saturated heterocycles. The predicted octanol–water partition coefficient (Wildman–Crippen LogP) is 3.98. The van der Waals surface area contributed by atoms with Crippen LogP contribution in [0.3, 0.4) is 0 Å². The summed E-state index contributed by atoms with van der Waals surface area (Å²) in [5, 5.41) is 10.4. The number of carbonyl (C=O) groups excluding carboxylic acids is 1. The summed E-state index contributed by atoms with van der Waals surface area (Å²) in [6, 6.07) is 13.1. The molecule has 1 atom stereocenters. The molecule has 0 bridgehead atoms. The largest absolute Gasteiger partial charge is 0.416 e. The van der Waals surface area contributed by atoms with E-state index >= 15 is 0 Å². The number of hydrogen-bond acceptors (Lipinski definition) is 6. The maximum atomic E-state index is 13.1. The molecule has 2 heterocycles. The molecule has 2 aromatic heterocycles. The van der Waals surface area contributed by atoms with Gasteiger partial charge in [-0.3, -0.25) is 9.59 Å². The Kier molecular flexibility index (Phi) is 5.93. The van der Waals surface area contributed by atoms with E-state index in [1.807, 2.05) is 0 Å². The fraction of sp³-hybridized carbons (Fsp3) is 0.130. The lowest BCUT2D eigenvalue weighted by atomic mass is 10.0. The molecule has 11 heteroatoms. The zero-order valence-electron chi connectivity index (χ0n) is 17.7. The lowest BCUT2D eigenvalue weighted by Crippen LogP contribution is -2.30. The molecular weight excluding hydrogens is 451 g/mol. The SMILES string of the molecule is C[C@@H](NC(=O)c1ccc(=O)n(-c2cccc(-c3ccno3)c2)n1)c1cc(N)cc(C(F)(F)F)c1. The number of rotatable bonds is 5. The van der Waals surface area contributed by atoms with Gasteiger partial charge in [0.1, 0.15) is 5.69 Å². The number of nitrogens with zero attached hydrogens (tertiary/aromatic N) is 3. The van der Waals surface area contributed by atoms with Crippen LogP contribution in [0.5, 0.6) is 0 Å². The molecule has 0 aliphatic rings. The first kappa shape index (κ1) is 22.8. The Labute approximate surface area is 190 Å². The van der Waals surface area contributed by atoms with E-state index in [2.05, 4.69) is 15.6 Å². The number of anilines is 1. The minimum atomic E-state index is -4.58. The average molecular weight is 469 g/mol. The number of nitrogens with one attached hydrogen (secondary N) is 1. The standard InChI is InChI=1S/C23H18F3N5O3/c1-13(15-9-16(23(24,25)26)12-17(27)10-15)29-22(33)19-5-6-21(32)31(30-19)18-4-2-3-14(11-18)20-7-8-28-34-20/h2-13H,27H2,1H3,(H,29,33)/t13-/m1/s1. The van der Waals surface area contributed by atoms with Crippen LogP contribution in [-0.2, 0) is 6.18 Å². The number of nitrogen functional groups attached to an aromatic ring is 1. The van der Waals surface area contributed by atoms with Gasteiger partial charge in [-0.25, -0.2) is 0 Å². The van der Waals surface area contributed by atoms with Gasteiger partial charge in [0, 0.05) is 23.4 Å². The van der Waals surface area contributed by atoms with Crippen LogP contribution in [0.2, 0.25) is 0 Å². The van der Waals surface area contributed by atoms with Crippen molar-refractivity contribution in [2.24, 2.45) is 0 Å². The highest BCUT2D eigenvalue weighted by Crippen LogP contribution is 2.32. The number of benzene rings is 2. The molecule has 0 saturated carbocycles. The van der Waals surface area contributed by atoms with Crippen molar-refractivity contribution < 1.29 is 22.5 Å². The number of halogens is 3. The summed E-state index contributed by atoms with van der Waals surface area (Å²) in [6.45, 7) is 1.52. The summed E-state index contributed by atoms with van der Waals surface area (Å²) < 4.78 is 45.5. The molecule has 174 valence electrons. The Morgan fingerprint density at radius 3 is 2.62 bits per heavy atom. The second-order valence-electron chi connectivity index (χ2n) is 7.48. The van der Waals surface area contributed by atoms with Crippen LogP contribution in [0.25, 0.3) is 17.0 Å². The number of nitrogens with two attached hydrogens (primary N) is 1. The van der Waals surface area contributed by atoms with E-state index in [-0.39, 0.29) is 16.9 Å². The van der Waals surface area contributed by atoms with Gasteiger partial charge < -0.3 is 15.6 Å². The fourth-order valence-electron chi connectivity index (χ4n) is 3.32. The van der Waals surface area contributed by atoms with Gasteiger partial charge in [0.25, 0.3) is 11.5 Å². The Hall–Kier alpha value is -4.41. The van der Waals surface area contributed by atoms with Gasteiger partial charge in [0.05, 0.1) is 23.5 Å². The molecule has 0 aliphatic heterocycles. The van der Waals surface area contributed by atoms with Crippen LogP contribution in [-0.4, -0.2) is 20.8 Å². The van der Waals surface area contributed by atoms with E-state index < -0.39 is 29.2 Å². The Bertz CT molecular complexity index is 1400. The number of alkyl halides is 3. The van der Waals surface area contributed by atoms with Crippen LogP contribution in [0.1, 0.15) is 34.6 Å². The summed E-state index contributed by atoms with van der Waals surface area (Å²) >= 11 is 0. The molecule has 0 radical (unpaired) electrons. The van der Waals surface area contributed by atoms with E-state index in [0.29, 0.717) is 17.0 Å². The Morgan fingerprint density at radius 1 is 1.12 bits per heavy atom. The van der Waals surface area contributed by atoms with Gasteiger partial charge >= 0.3 is 6.18 Å². The van der Waals surface area contributed by atoms with Crippen LogP contribution in [0.15, 0.2) is 76.2 Å². The quantitative estimate of drug-likeness (QED) is 0.427. The highest BCUT2D eigenvalue weighted by molar-refractivity contribution is 5.92. The van der Waals surface area contributed by atoms with Crippen LogP contribution >= 0.6 is 0 Å². The molecule has 4 rings (SSSR count). The highest BCUT2D eigenvalue weighted by Gasteiger charge is 2.31. The lowest BCUT2D eigenvalue weighted by Gasteiger charge is -2.17. The zero-order chi connectivity index (χ0) is 24.5. The highest BCUT2D eigenvalue weighted by atomic mass is 19.4. The van der Waals surface area contributed by atoms with E-state index in [9.17, 15) is 22.8 Å². The van der Waals surface area contributed by atoms with E-state index in [1.165, 1.54) is 31.3 Å². The van der Waals surface area contributed by atoms with E-state index in [4.69, 9.17) is 10.3 Å². The predicted molar refractivity (Wildman–Crippen MR) is 117 cm³/mol. The molecule has 8 nitrogen and oxygen atoms in total. The van der Waals surface area contributed by atoms with Crippen molar-refractivity contribution in [3.05, 3.63) is 94.0 Å². The molecule has 0 fully saturated rings. The molecule has 1 amide bonds. The second kappa shape index (κ2) is 8.85. The van der Waals surface area contributed by atoms with Crippen molar-refractivity contribution in [1.82, 2.24) is 20.3 Å². The molecule has 3 N–H and O–H groups in total. The van der Waals surface area contributed by atoms with Crippen molar-refractivity contribution >= 4 is 11.6 Å². The van der Waals surface area contributed by atoms with Crippen molar-refractivity contribution in [2.75, 3.05) is 5.73 Å². The molecule has 0 unspecified atom stereocenters. The number of aromatic nitrogens is 3. The summed E-state index contributed by atoms with van der Waals surface area (Å²) in [5.41, 5.74) is 5.24. The van der Waals surface area contributed by atoms with Gasteiger partial charge in [-0.15, -0.1) is 0 Å². The number of hydrogen-bond donors (Lipinski definition) is 2. The van der Waals surface area contributed by atoms with Gasteiger partial charge in [-0.2, -0.15) is 23.0 Å². The maximum Gasteiger partial charge on any atom is 0.416 e. The normalized spacial score (nSPS) is 12.4. The lowest BCUT2D eigenvalue weighted by molar-refractivity contribution is -0.137. The topological polar surface area (TPSA) is 116 Å². The molecule has 34 heavy (non-hydrogen) atoms. The van der Waals surface area contributed by atoms with Gasteiger partial charge in [0.15, 0.2) is 5.76 Å². The monoisotopic (exact) mass is 469 g/mol. The van der Waals surface area contributed by atoms with E-state index in [0.717, 1.165) is 16.8 Å². The molecule has 0 aliphatic carbocycles. The van der Waals surface area contributed by atoms with Crippen molar-refractivity contribution in [3.8, 4) is 17.0 Å². The second-order valence-corrected chi connectivity index (χ2v) is 7.48. The third-order valence-electron chi connectivity index (χ3n) is 5.00. The average Bonchev–Trinajstić information content (AvgIpc) is 3.33.